The Morgan fingerprint density at radius 3 is 1.65 bits per heavy atom. The van der Waals surface area contributed by atoms with E-state index < -0.39 is 0 Å². The predicted molar refractivity (Wildman–Crippen MR) is 136 cm³/mol. The van der Waals surface area contributed by atoms with Gasteiger partial charge in [0.15, 0.2) is 5.75 Å². The molecule has 0 aliphatic carbocycles. The summed E-state index contributed by atoms with van der Waals surface area (Å²) in [6, 6.07) is 20.0. The van der Waals surface area contributed by atoms with Crippen LogP contribution in [0.2, 0.25) is 0 Å². The summed E-state index contributed by atoms with van der Waals surface area (Å²) in [4.78, 5) is 2.09. The molecule has 4 rings (SSSR count). The van der Waals surface area contributed by atoms with Crippen molar-refractivity contribution in [1.29, 1.82) is 0 Å². The van der Waals surface area contributed by atoms with Gasteiger partial charge < -0.3 is 25.0 Å². The number of anilines is 3. The molecule has 4 aromatic carbocycles. The summed E-state index contributed by atoms with van der Waals surface area (Å²) in [5.41, 5.74) is 6.76. The number of para-hydroxylation sites is 2. The average Bonchev–Trinajstić information content (AvgIpc) is 2.82. The molecule has 0 radical (unpaired) electrons. The molecule has 0 spiro atoms. The van der Waals surface area contributed by atoms with Crippen molar-refractivity contribution in [3.05, 3.63) is 94.5 Å². The van der Waals surface area contributed by atoms with E-state index in [2.05, 4.69) is 4.90 Å². The summed E-state index contributed by atoms with van der Waals surface area (Å²) in [7, 11) is 0. The second-order valence-electron chi connectivity index (χ2n) is 8.56. The maximum atomic E-state index is 10.3. The lowest BCUT2D eigenvalue weighted by atomic mass is 10.0. The van der Waals surface area contributed by atoms with E-state index in [0.717, 1.165) is 44.9 Å². The summed E-state index contributed by atoms with van der Waals surface area (Å²) < 4.78 is 6.31. The highest BCUT2D eigenvalue weighted by atomic mass is 16.5. The summed E-state index contributed by atoms with van der Waals surface area (Å²) in [5.74, 6) is 1.93. The largest absolute Gasteiger partial charge is 0.508 e. The average molecular weight is 456 g/mol. The molecule has 0 aromatic heterocycles. The Balaban J connectivity index is 1.95. The van der Waals surface area contributed by atoms with Crippen molar-refractivity contribution in [3.8, 4) is 28.7 Å². The van der Waals surface area contributed by atoms with E-state index in [1.807, 2.05) is 71.0 Å². The normalized spacial score (nSPS) is 10.9. The summed E-state index contributed by atoms with van der Waals surface area (Å²) in [5, 5.41) is 30.5. The van der Waals surface area contributed by atoms with Gasteiger partial charge in [0.1, 0.15) is 23.0 Å². The lowest BCUT2D eigenvalue weighted by Crippen LogP contribution is -2.14. The molecule has 3 N–H and O–H groups in total. The molecule has 0 atom stereocenters. The van der Waals surface area contributed by atoms with Crippen molar-refractivity contribution < 1.29 is 20.1 Å². The van der Waals surface area contributed by atoms with Gasteiger partial charge in [-0.1, -0.05) is 12.1 Å². The van der Waals surface area contributed by atoms with E-state index in [9.17, 15) is 15.3 Å². The van der Waals surface area contributed by atoms with Gasteiger partial charge in [-0.05, 0) is 117 Å². The van der Waals surface area contributed by atoms with Crippen LogP contribution in [0, 0.1) is 34.6 Å². The van der Waals surface area contributed by atoms with Crippen LogP contribution in [0.1, 0.15) is 27.8 Å². The van der Waals surface area contributed by atoms with Gasteiger partial charge in [-0.3, -0.25) is 0 Å². The van der Waals surface area contributed by atoms with Crippen LogP contribution >= 0.6 is 0 Å². The monoisotopic (exact) mass is 455 g/mol. The van der Waals surface area contributed by atoms with Crippen LogP contribution in [0.25, 0.3) is 0 Å². The fourth-order valence-electron chi connectivity index (χ4n) is 4.00. The quantitative estimate of drug-likeness (QED) is 0.289. The lowest BCUT2D eigenvalue weighted by Gasteiger charge is -2.31. The topological polar surface area (TPSA) is 73.2 Å². The van der Waals surface area contributed by atoms with E-state index in [4.69, 9.17) is 4.74 Å². The smallest absolute Gasteiger partial charge is 0.151 e. The summed E-state index contributed by atoms with van der Waals surface area (Å²) in [6.45, 7) is 9.57. The highest BCUT2D eigenvalue weighted by molar-refractivity contribution is 5.84. The maximum Gasteiger partial charge on any atom is 0.151 e. The first-order chi connectivity index (χ1) is 16.2. The van der Waals surface area contributed by atoms with Gasteiger partial charge in [0.05, 0.1) is 5.69 Å². The Morgan fingerprint density at radius 1 is 0.559 bits per heavy atom. The van der Waals surface area contributed by atoms with Crippen LogP contribution in [-0.2, 0) is 0 Å². The van der Waals surface area contributed by atoms with Crippen LogP contribution in [0.3, 0.4) is 0 Å². The minimum atomic E-state index is 0.215. The van der Waals surface area contributed by atoms with E-state index in [1.165, 1.54) is 0 Å². The highest BCUT2D eigenvalue weighted by Crippen LogP contribution is 2.46. The molecule has 5 heteroatoms. The Hall–Kier alpha value is -4.12. The molecule has 0 saturated heterocycles. The summed E-state index contributed by atoms with van der Waals surface area (Å²) >= 11 is 0. The standard InChI is InChI=1S/C29H29NO4/c1-17-16-22(10-13-26(17)31)34-29-9-7-6-8-25(29)30(23-11-14-27(32)20(4)18(23)2)24-12-15-28(33)21(5)19(24)3/h6-16,31-33H,1-5H3. The number of benzene rings is 4. The van der Waals surface area contributed by atoms with Gasteiger partial charge in [-0.25, -0.2) is 0 Å². The summed E-state index contributed by atoms with van der Waals surface area (Å²) in [6.07, 6.45) is 0. The number of rotatable bonds is 5. The molecule has 0 amide bonds. The zero-order chi connectivity index (χ0) is 24.6. The number of aryl methyl sites for hydroxylation is 1. The minimum Gasteiger partial charge on any atom is -0.508 e. The Kier molecular flexibility index (Phi) is 6.12. The molecule has 0 bridgehead atoms. The molecular weight excluding hydrogens is 426 g/mol. The first-order valence-corrected chi connectivity index (χ1v) is 11.1. The first kappa shape index (κ1) is 23.1. The van der Waals surface area contributed by atoms with Gasteiger partial charge >= 0.3 is 0 Å². The number of hydrogen-bond acceptors (Lipinski definition) is 5. The first-order valence-electron chi connectivity index (χ1n) is 11.1. The number of aromatic hydroxyl groups is 3. The van der Waals surface area contributed by atoms with Crippen molar-refractivity contribution in [1.82, 2.24) is 0 Å². The predicted octanol–water partition coefficient (Wildman–Crippen LogP) is 7.61. The van der Waals surface area contributed by atoms with Gasteiger partial charge in [-0.2, -0.15) is 0 Å². The van der Waals surface area contributed by atoms with E-state index >= 15 is 0 Å². The molecule has 0 aliphatic rings. The molecule has 0 unspecified atom stereocenters. The molecule has 0 aliphatic heterocycles. The van der Waals surface area contributed by atoms with Gasteiger partial charge in [0.2, 0.25) is 0 Å². The maximum absolute atomic E-state index is 10.3. The highest BCUT2D eigenvalue weighted by Gasteiger charge is 2.23. The Morgan fingerprint density at radius 2 is 1.09 bits per heavy atom. The van der Waals surface area contributed by atoms with Crippen LogP contribution in [0.15, 0.2) is 66.7 Å². The zero-order valence-corrected chi connectivity index (χ0v) is 20.0. The number of phenolic OH excluding ortho intramolecular Hbond substituents is 3. The number of hydrogen-bond donors (Lipinski definition) is 3. The minimum absolute atomic E-state index is 0.215. The van der Waals surface area contributed by atoms with Crippen LogP contribution < -0.4 is 9.64 Å². The second-order valence-corrected chi connectivity index (χ2v) is 8.56. The molecule has 0 saturated carbocycles. The number of phenols is 3. The van der Waals surface area contributed by atoms with Gasteiger partial charge in [0, 0.05) is 11.4 Å². The van der Waals surface area contributed by atoms with E-state index in [-0.39, 0.29) is 17.2 Å². The van der Waals surface area contributed by atoms with Crippen molar-refractivity contribution in [2.45, 2.75) is 34.6 Å². The molecule has 5 nitrogen and oxygen atoms in total. The third kappa shape index (κ3) is 4.13. The van der Waals surface area contributed by atoms with Gasteiger partial charge in [-0.15, -0.1) is 0 Å². The molecule has 174 valence electrons. The van der Waals surface area contributed by atoms with E-state index in [1.54, 1.807) is 30.3 Å². The van der Waals surface area contributed by atoms with Crippen molar-refractivity contribution >= 4 is 17.1 Å². The molecule has 0 fully saturated rings. The fourth-order valence-corrected chi connectivity index (χ4v) is 4.00. The van der Waals surface area contributed by atoms with E-state index in [0.29, 0.717) is 11.5 Å². The zero-order valence-electron chi connectivity index (χ0n) is 20.0. The fraction of sp³-hybridized carbons (Fsp3) is 0.172. The second kappa shape index (κ2) is 9.02. The molecular formula is C29H29NO4. The molecule has 4 aromatic rings. The molecule has 0 heterocycles. The van der Waals surface area contributed by atoms with Crippen LogP contribution in [0.5, 0.6) is 28.7 Å². The Bertz CT molecular complexity index is 1320. The number of nitrogens with zero attached hydrogens (tertiary/aromatic N) is 1. The van der Waals surface area contributed by atoms with Gasteiger partial charge in [0.25, 0.3) is 0 Å². The molecule has 34 heavy (non-hydrogen) atoms. The van der Waals surface area contributed by atoms with Crippen molar-refractivity contribution in [2.75, 3.05) is 4.90 Å². The third-order valence-corrected chi connectivity index (χ3v) is 6.44. The number of ether oxygens (including phenoxy) is 1. The Labute approximate surface area is 200 Å². The van der Waals surface area contributed by atoms with Crippen molar-refractivity contribution in [2.24, 2.45) is 0 Å². The SMILES string of the molecule is Cc1cc(Oc2ccccc2N(c2ccc(O)c(C)c2C)c2ccc(O)c(C)c2C)ccc1O. The van der Waals surface area contributed by atoms with Crippen molar-refractivity contribution in [3.63, 3.8) is 0 Å². The lowest BCUT2D eigenvalue weighted by molar-refractivity contribution is 0.461. The van der Waals surface area contributed by atoms with Crippen LogP contribution in [0.4, 0.5) is 17.1 Å². The van der Waals surface area contributed by atoms with Crippen LogP contribution in [-0.4, -0.2) is 15.3 Å². The third-order valence-electron chi connectivity index (χ3n) is 6.44.